The highest BCUT2D eigenvalue weighted by Gasteiger charge is 2.73. The number of aliphatic hydroxyl groups is 4. The van der Waals surface area contributed by atoms with Gasteiger partial charge in [-0.15, -0.1) is 0 Å². The fourth-order valence-corrected chi connectivity index (χ4v) is 11.9. The van der Waals surface area contributed by atoms with Crippen LogP contribution in [0.5, 0.6) is 0 Å². The molecule has 12 atom stereocenters. The monoisotopic (exact) mass is 703 g/mol. The fraction of sp³-hybridized carbons (Fsp3) is 0.810. The third-order valence-corrected chi connectivity index (χ3v) is 15.4. The van der Waals surface area contributed by atoms with E-state index in [-0.39, 0.29) is 56.0 Å². The van der Waals surface area contributed by atoms with Gasteiger partial charge < -0.3 is 29.9 Å². The summed E-state index contributed by atoms with van der Waals surface area (Å²) >= 11 is 0. The van der Waals surface area contributed by atoms with Gasteiger partial charge in [-0.1, -0.05) is 80.2 Å². The number of hydrogen-bond donors (Lipinski definition) is 4. The zero-order chi connectivity index (χ0) is 35.8. The summed E-state index contributed by atoms with van der Waals surface area (Å²) in [5.41, 5.74) is -0.994. The van der Waals surface area contributed by atoms with Crippen molar-refractivity contribution in [2.24, 2.45) is 50.2 Å². The predicted molar refractivity (Wildman–Crippen MR) is 198 cm³/mol. The molecule has 0 aromatic heterocycles. The first-order valence-electron chi connectivity index (χ1n) is 18.2. The Morgan fingerprint density at radius 1 is 0.860 bits per heavy atom. The second kappa shape index (κ2) is 14.1. The van der Waals surface area contributed by atoms with Crippen LogP contribution in [0.3, 0.4) is 0 Å². The first-order valence-corrected chi connectivity index (χ1v) is 18.2. The van der Waals surface area contributed by atoms with E-state index in [0.717, 1.165) is 25.7 Å². The van der Waals surface area contributed by atoms with E-state index in [1.807, 2.05) is 20.8 Å². The minimum atomic E-state index is -1.26. The maximum Gasteiger partial charge on any atom is 0.333 e. The number of esters is 2. The molecular formula is C42H70O8. The van der Waals surface area contributed by atoms with Crippen molar-refractivity contribution in [3.8, 4) is 0 Å². The third-order valence-electron chi connectivity index (χ3n) is 15.4. The molecule has 0 saturated heterocycles. The molecule has 4 saturated carbocycles. The lowest BCUT2D eigenvalue weighted by Crippen LogP contribution is -2.72. The van der Waals surface area contributed by atoms with Crippen LogP contribution < -0.4 is 0 Å². The number of allylic oxidation sites excluding steroid dienone is 4. The topological polar surface area (TPSA) is 134 Å². The largest absolute Gasteiger partial charge is 0.462 e. The van der Waals surface area contributed by atoms with Gasteiger partial charge in [-0.05, 0) is 107 Å². The summed E-state index contributed by atoms with van der Waals surface area (Å²) in [4.78, 5) is 25.6. The summed E-state index contributed by atoms with van der Waals surface area (Å²) in [6.45, 7) is 19.9. The van der Waals surface area contributed by atoms with E-state index < -0.39 is 58.7 Å². The van der Waals surface area contributed by atoms with Crippen molar-refractivity contribution in [2.75, 3.05) is 13.2 Å². The molecule has 286 valence electrons. The Hall–Kier alpha value is -2.00. The Bertz CT molecular complexity index is 1400. The number of hydrogen-bond acceptors (Lipinski definition) is 8. The normalized spacial score (nSPS) is 45.2. The zero-order valence-corrected chi connectivity index (χ0v) is 31.1. The highest BCUT2D eigenvalue weighted by molar-refractivity contribution is 5.88. The van der Waals surface area contributed by atoms with E-state index in [1.165, 1.54) is 5.57 Å². The molecule has 0 aromatic rings. The molecule has 5 rings (SSSR count). The predicted octanol–water partition coefficient (Wildman–Crippen LogP) is 7.33. The maximum atomic E-state index is 12.9. The number of ether oxygens (including phenoxy) is 2. The lowest BCUT2D eigenvalue weighted by molar-refractivity contribution is -0.262. The molecule has 0 bridgehead atoms. The van der Waals surface area contributed by atoms with E-state index in [9.17, 15) is 30.0 Å². The van der Waals surface area contributed by atoms with Crippen molar-refractivity contribution >= 4 is 11.9 Å². The van der Waals surface area contributed by atoms with Crippen LogP contribution in [0.4, 0.5) is 0 Å². The highest BCUT2D eigenvalue weighted by atomic mass is 16.6. The van der Waals surface area contributed by atoms with Gasteiger partial charge in [-0.2, -0.15) is 0 Å². The molecule has 0 spiro atoms. The number of aliphatic hydroxyl groups excluding tert-OH is 4. The van der Waals surface area contributed by atoms with Crippen molar-refractivity contribution in [1.29, 1.82) is 0 Å². The summed E-state index contributed by atoms with van der Waals surface area (Å²) < 4.78 is 11.8. The van der Waals surface area contributed by atoms with Gasteiger partial charge in [-0.25, -0.2) is 9.59 Å². The maximum absolute atomic E-state index is 12.9. The first-order chi connectivity index (χ1) is 22.2. The number of carbonyl (C=O) groups is 2. The van der Waals surface area contributed by atoms with Crippen LogP contribution in [-0.2, 0) is 19.1 Å². The van der Waals surface area contributed by atoms with Crippen molar-refractivity contribution in [1.82, 2.24) is 0 Å². The van der Waals surface area contributed by atoms with Gasteiger partial charge in [0.1, 0.15) is 12.2 Å². The van der Waals surface area contributed by atoms with Gasteiger partial charge >= 0.3 is 11.9 Å². The van der Waals surface area contributed by atoms with Crippen LogP contribution in [0.1, 0.15) is 129 Å². The van der Waals surface area contributed by atoms with E-state index in [4.69, 9.17) is 9.47 Å². The van der Waals surface area contributed by atoms with Crippen molar-refractivity contribution in [2.45, 2.75) is 153 Å². The minimum Gasteiger partial charge on any atom is -0.462 e. The Morgan fingerprint density at radius 3 is 2.04 bits per heavy atom. The second-order valence-electron chi connectivity index (χ2n) is 17.9. The first kappa shape index (κ1) is 42.4. The summed E-state index contributed by atoms with van der Waals surface area (Å²) in [5, 5.41) is 46.9. The van der Waals surface area contributed by atoms with Crippen LogP contribution in [-0.4, -0.2) is 70.0 Å². The molecule has 8 nitrogen and oxygen atoms in total. The molecule has 5 aliphatic carbocycles. The van der Waals surface area contributed by atoms with Gasteiger partial charge in [0, 0.05) is 22.0 Å². The van der Waals surface area contributed by atoms with Gasteiger partial charge in [0.25, 0.3) is 0 Å². The molecule has 4 fully saturated rings. The standard InChI is InChI=1S/C40H62O8.2CH4/c1-11-23(3)33(45)47-22-37(8)27-15-18-38(9)28(36(27,7)17-16-29(37)42)14-13-25-26-19-35(5,6)32(48-34(46)24(4)12-2)31(44)40(26,21-41)30(43)20-39(25,38)10;;/h11-13,26-32,41-44H,14-22H2,1-10H3;2*1H4/b23-11-,24-12-;;/t26?,27?,28?,29-,30+,31-,32-,36-,37+,38+,39+,40-;;/m0../s1. The van der Waals surface area contributed by atoms with E-state index in [1.54, 1.807) is 32.9 Å². The molecule has 5 aliphatic rings. The van der Waals surface area contributed by atoms with E-state index >= 15 is 0 Å². The number of rotatable bonds is 6. The molecule has 4 N–H and O–H groups in total. The van der Waals surface area contributed by atoms with Crippen LogP contribution in [0, 0.1) is 50.2 Å². The van der Waals surface area contributed by atoms with Crippen LogP contribution in [0.25, 0.3) is 0 Å². The summed E-state index contributed by atoms with van der Waals surface area (Å²) in [5.74, 6) is -0.738. The van der Waals surface area contributed by atoms with Gasteiger partial charge in [0.2, 0.25) is 0 Å². The molecule has 8 heteroatoms. The van der Waals surface area contributed by atoms with Crippen LogP contribution in [0.15, 0.2) is 34.9 Å². The average Bonchev–Trinajstić information content (AvgIpc) is 3.03. The van der Waals surface area contributed by atoms with Crippen molar-refractivity contribution in [3.05, 3.63) is 34.9 Å². The lowest BCUT2D eigenvalue weighted by Gasteiger charge is -2.72. The SMILES string of the molecule is C.C.C/C=C(/C)C(=O)OC[C@]1(C)C2CC[C@]3(C)C(CC=C4C5CC(C)(C)[C@@H](OC(=O)/C(C)=C\C)[C@H](O)[C@]5(CO)[C@H](O)C[C@]43C)[C@@]2(C)CC[C@@H]1O. The Labute approximate surface area is 302 Å². The number of fused-ring (bicyclic) bond motifs is 7. The molecule has 3 unspecified atom stereocenters. The summed E-state index contributed by atoms with van der Waals surface area (Å²) in [6, 6.07) is 0. The molecule has 0 aromatic carbocycles. The smallest absolute Gasteiger partial charge is 0.333 e. The molecule has 0 heterocycles. The van der Waals surface area contributed by atoms with Crippen molar-refractivity contribution < 1.29 is 39.5 Å². The molecule has 0 radical (unpaired) electrons. The minimum absolute atomic E-state index is 0. The summed E-state index contributed by atoms with van der Waals surface area (Å²) in [6.07, 6.45) is 7.07. The second-order valence-corrected chi connectivity index (χ2v) is 17.9. The molecule has 50 heavy (non-hydrogen) atoms. The third kappa shape index (κ3) is 5.78. The highest BCUT2D eigenvalue weighted by Crippen LogP contribution is 2.75. The van der Waals surface area contributed by atoms with Crippen molar-refractivity contribution in [3.63, 3.8) is 0 Å². The van der Waals surface area contributed by atoms with Gasteiger partial charge in [0.05, 0.1) is 30.8 Å². The van der Waals surface area contributed by atoms with Crippen LogP contribution in [0.2, 0.25) is 0 Å². The summed E-state index contributed by atoms with van der Waals surface area (Å²) in [7, 11) is 0. The quantitative estimate of drug-likeness (QED) is 0.129. The fourth-order valence-electron chi connectivity index (χ4n) is 11.9. The zero-order valence-electron chi connectivity index (χ0n) is 31.1. The molecule has 0 aliphatic heterocycles. The number of carbonyl (C=O) groups excluding carboxylic acids is 2. The molecular weight excluding hydrogens is 632 g/mol. The Kier molecular flexibility index (Phi) is 12.0. The average molecular weight is 703 g/mol. The van der Waals surface area contributed by atoms with E-state index in [2.05, 4.69) is 33.8 Å². The Morgan fingerprint density at radius 2 is 1.46 bits per heavy atom. The van der Waals surface area contributed by atoms with Crippen LogP contribution >= 0.6 is 0 Å². The van der Waals surface area contributed by atoms with Gasteiger partial charge in [0.15, 0.2) is 0 Å². The van der Waals surface area contributed by atoms with Gasteiger partial charge in [-0.3, -0.25) is 0 Å². The molecule has 0 amide bonds. The Balaban J connectivity index is 0.00000338. The lowest BCUT2D eigenvalue weighted by atomic mass is 9.33. The van der Waals surface area contributed by atoms with E-state index in [0.29, 0.717) is 30.4 Å².